The second-order valence-corrected chi connectivity index (χ2v) is 8.22. The summed E-state index contributed by atoms with van der Waals surface area (Å²) < 4.78 is 20.9. The topological polar surface area (TPSA) is 81.1 Å². The van der Waals surface area contributed by atoms with Crippen molar-refractivity contribution in [3.63, 3.8) is 0 Å². The van der Waals surface area contributed by atoms with Crippen LogP contribution >= 0.6 is 35.2 Å². The molecule has 0 aliphatic carbocycles. The van der Waals surface area contributed by atoms with E-state index in [-0.39, 0.29) is 23.4 Å². The van der Waals surface area contributed by atoms with Gasteiger partial charge in [-0.1, -0.05) is 29.8 Å². The molecule has 158 valence electrons. The Morgan fingerprint density at radius 3 is 2.87 bits per heavy atom. The normalized spacial score (nSPS) is 10.8. The molecule has 0 spiro atoms. The Bertz CT molecular complexity index is 1290. The predicted octanol–water partition coefficient (Wildman–Crippen LogP) is 4.93. The van der Waals surface area contributed by atoms with Gasteiger partial charge in [-0.3, -0.25) is 5.32 Å². The summed E-state index contributed by atoms with van der Waals surface area (Å²) in [6.07, 6.45) is 1.49. The molecule has 2 N–H and O–H groups in total. The number of hydrogen-bond acceptors (Lipinski definition) is 6. The van der Waals surface area contributed by atoms with Crippen LogP contribution in [0.4, 0.5) is 16.0 Å². The number of ether oxygens (including phenoxy) is 1. The molecular weight excluding hydrogens is 461 g/mol. The van der Waals surface area contributed by atoms with Crippen LogP contribution in [0, 0.1) is 5.82 Å². The lowest BCUT2D eigenvalue weighted by Gasteiger charge is -2.08. The number of carbonyl (C=O) groups excluding carboxylic acids is 1. The molecule has 0 aliphatic heterocycles. The van der Waals surface area contributed by atoms with Gasteiger partial charge in [0.2, 0.25) is 5.95 Å². The Balaban J connectivity index is 1.43. The maximum atomic E-state index is 13.8. The van der Waals surface area contributed by atoms with Crippen molar-refractivity contribution in [3.05, 3.63) is 70.1 Å². The third-order valence-corrected chi connectivity index (χ3v) is 6.15. The minimum atomic E-state index is -0.477. The monoisotopic (exact) mass is 475 g/mol. The highest BCUT2D eigenvalue weighted by molar-refractivity contribution is 7.80. The fourth-order valence-corrected chi connectivity index (χ4v) is 4.53. The van der Waals surface area contributed by atoms with Crippen molar-refractivity contribution in [2.75, 3.05) is 17.7 Å². The largest absolute Gasteiger partial charge is 0.465 e. The molecule has 0 amide bonds. The summed E-state index contributed by atoms with van der Waals surface area (Å²) in [4.78, 5) is 16.3. The molecule has 0 radical (unpaired) electrons. The fourth-order valence-electron chi connectivity index (χ4n) is 2.86. The van der Waals surface area contributed by atoms with E-state index in [9.17, 15) is 9.18 Å². The van der Waals surface area contributed by atoms with Crippen molar-refractivity contribution in [2.45, 2.75) is 6.54 Å². The SMILES string of the molecule is COC(=O)c1sc2cc(NC(=S)Nc3ncn(Cc4ccccc4F)n3)ccc2c1Cl. The number of nitrogens with one attached hydrogen (secondary N) is 2. The number of aromatic nitrogens is 3. The summed E-state index contributed by atoms with van der Waals surface area (Å²) >= 11 is 12.8. The number of thiocarbonyl (C=S) groups is 1. The Morgan fingerprint density at radius 1 is 1.29 bits per heavy atom. The second-order valence-electron chi connectivity index (χ2n) is 6.38. The van der Waals surface area contributed by atoms with Crippen molar-refractivity contribution in [2.24, 2.45) is 0 Å². The molecule has 0 bridgehead atoms. The number of methoxy groups -OCH3 is 1. The van der Waals surface area contributed by atoms with Gasteiger partial charge in [-0.05, 0) is 36.5 Å². The third-order valence-electron chi connectivity index (χ3n) is 4.31. The van der Waals surface area contributed by atoms with Crippen LogP contribution in [0.3, 0.4) is 0 Å². The number of thiophene rings is 1. The number of hydrogen-bond donors (Lipinski definition) is 2. The molecule has 11 heteroatoms. The molecule has 0 atom stereocenters. The third kappa shape index (κ3) is 4.66. The number of carbonyl (C=O) groups is 1. The number of anilines is 2. The van der Waals surface area contributed by atoms with E-state index in [2.05, 4.69) is 20.7 Å². The van der Waals surface area contributed by atoms with E-state index < -0.39 is 5.97 Å². The number of esters is 1. The molecular formula is C20H15ClFN5O2S2. The van der Waals surface area contributed by atoms with Gasteiger partial charge in [-0.15, -0.1) is 16.4 Å². The Hall–Kier alpha value is -3.08. The van der Waals surface area contributed by atoms with E-state index in [0.717, 1.165) is 10.1 Å². The summed E-state index contributed by atoms with van der Waals surface area (Å²) in [5.74, 6) is -0.499. The quantitative estimate of drug-likeness (QED) is 0.313. The smallest absolute Gasteiger partial charge is 0.349 e. The van der Waals surface area contributed by atoms with Crippen molar-refractivity contribution in [1.82, 2.24) is 14.8 Å². The standard InChI is InChI=1S/C20H15ClFN5O2S2/c1-29-18(28)17-16(21)13-7-6-12(8-15(13)31-17)24-20(30)25-19-23-10-27(26-19)9-11-4-2-3-5-14(11)22/h2-8,10H,9H2,1H3,(H2,24,25,26,30). The summed E-state index contributed by atoms with van der Waals surface area (Å²) in [5.41, 5.74) is 1.21. The first-order chi connectivity index (χ1) is 14.9. The molecule has 0 unspecified atom stereocenters. The van der Waals surface area contributed by atoms with E-state index in [0.29, 0.717) is 21.2 Å². The molecule has 0 saturated carbocycles. The highest BCUT2D eigenvalue weighted by Crippen LogP contribution is 2.37. The van der Waals surface area contributed by atoms with Crippen LogP contribution in [0.15, 0.2) is 48.8 Å². The van der Waals surface area contributed by atoms with Crippen LogP contribution in [0.25, 0.3) is 10.1 Å². The van der Waals surface area contributed by atoms with Crippen LogP contribution < -0.4 is 10.6 Å². The van der Waals surface area contributed by atoms with Crippen molar-refractivity contribution < 1.29 is 13.9 Å². The molecule has 2 aromatic carbocycles. The van der Waals surface area contributed by atoms with Crippen LogP contribution in [0.2, 0.25) is 5.02 Å². The number of rotatable bonds is 5. The Kier molecular flexibility index (Phi) is 6.12. The first kappa shape index (κ1) is 21.2. The van der Waals surface area contributed by atoms with Crippen LogP contribution in [-0.2, 0) is 11.3 Å². The van der Waals surface area contributed by atoms with Gasteiger partial charge >= 0.3 is 5.97 Å². The zero-order chi connectivity index (χ0) is 22.0. The minimum absolute atomic E-state index is 0.250. The number of nitrogens with zero attached hydrogens (tertiary/aromatic N) is 3. The fraction of sp³-hybridized carbons (Fsp3) is 0.100. The lowest BCUT2D eigenvalue weighted by molar-refractivity contribution is 0.0606. The van der Waals surface area contributed by atoms with E-state index in [1.807, 2.05) is 6.07 Å². The summed E-state index contributed by atoms with van der Waals surface area (Å²) in [5, 5.41) is 11.6. The summed E-state index contributed by atoms with van der Waals surface area (Å²) in [6.45, 7) is 0.250. The van der Waals surface area contributed by atoms with Gasteiger partial charge in [0.15, 0.2) is 5.11 Å². The predicted molar refractivity (Wildman–Crippen MR) is 124 cm³/mol. The van der Waals surface area contributed by atoms with Gasteiger partial charge in [0.1, 0.15) is 17.0 Å². The van der Waals surface area contributed by atoms with Gasteiger partial charge in [-0.25, -0.2) is 18.9 Å². The number of halogens is 2. The van der Waals surface area contributed by atoms with Crippen LogP contribution in [-0.4, -0.2) is 33.0 Å². The van der Waals surface area contributed by atoms with E-state index in [1.165, 1.54) is 35.5 Å². The van der Waals surface area contributed by atoms with Crippen molar-refractivity contribution >= 4 is 68.0 Å². The molecule has 0 saturated heterocycles. The first-order valence-electron chi connectivity index (χ1n) is 8.96. The second kappa shape index (κ2) is 8.96. The Labute approximate surface area is 190 Å². The first-order valence-corrected chi connectivity index (χ1v) is 10.6. The molecule has 0 aliphatic rings. The van der Waals surface area contributed by atoms with Gasteiger partial charge in [0.05, 0.1) is 18.7 Å². The number of benzene rings is 2. The average molecular weight is 476 g/mol. The minimum Gasteiger partial charge on any atom is -0.465 e. The van der Waals surface area contributed by atoms with E-state index in [4.69, 9.17) is 28.6 Å². The van der Waals surface area contributed by atoms with Gasteiger partial charge in [0.25, 0.3) is 0 Å². The zero-order valence-electron chi connectivity index (χ0n) is 16.1. The van der Waals surface area contributed by atoms with Crippen molar-refractivity contribution in [1.29, 1.82) is 0 Å². The summed E-state index contributed by atoms with van der Waals surface area (Å²) in [6, 6.07) is 11.9. The van der Waals surface area contributed by atoms with Gasteiger partial charge in [0, 0.05) is 21.3 Å². The molecule has 4 rings (SSSR count). The summed E-state index contributed by atoms with van der Waals surface area (Å²) in [7, 11) is 1.31. The molecule has 2 heterocycles. The lowest BCUT2D eigenvalue weighted by Crippen LogP contribution is -2.20. The average Bonchev–Trinajstić information content (AvgIpc) is 3.32. The molecule has 31 heavy (non-hydrogen) atoms. The van der Waals surface area contributed by atoms with E-state index in [1.54, 1.807) is 30.3 Å². The molecule has 7 nitrogen and oxygen atoms in total. The van der Waals surface area contributed by atoms with Crippen LogP contribution in [0.1, 0.15) is 15.2 Å². The molecule has 0 fully saturated rings. The van der Waals surface area contributed by atoms with E-state index >= 15 is 0 Å². The molecule has 2 aromatic heterocycles. The highest BCUT2D eigenvalue weighted by Gasteiger charge is 2.18. The lowest BCUT2D eigenvalue weighted by atomic mass is 10.2. The zero-order valence-corrected chi connectivity index (χ0v) is 18.4. The van der Waals surface area contributed by atoms with Gasteiger partial charge in [-0.2, -0.15) is 0 Å². The van der Waals surface area contributed by atoms with Crippen molar-refractivity contribution in [3.8, 4) is 0 Å². The Morgan fingerprint density at radius 2 is 2.10 bits per heavy atom. The highest BCUT2D eigenvalue weighted by atomic mass is 35.5. The number of fused-ring (bicyclic) bond motifs is 1. The molecule has 4 aromatic rings. The van der Waals surface area contributed by atoms with Gasteiger partial charge < -0.3 is 10.1 Å². The maximum absolute atomic E-state index is 13.8. The van der Waals surface area contributed by atoms with Crippen LogP contribution in [0.5, 0.6) is 0 Å². The maximum Gasteiger partial charge on any atom is 0.349 e.